The summed E-state index contributed by atoms with van der Waals surface area (Å²) in [5, 5.41) is 1.25. The molecule has 1 unspecified atom stereocenters. The average Bonchev–Trinajstić information content (AvgIpc) is 2.16. The molecule has 0 fully saturated rings. The lowest BCUT2D eigenvalue weighted by Crippen LogP contribution is -2.19. The van der Waals surface area contributed by atoms with E-state index in [1.165, 1.54) is 0 Å². The molecule has 0 amide bonds. The number of rotatable bonds is 3. The molecule has 1 aromatic carbocycles. The van der Waals surface area contributed by atoms with Crippen molar-refractivity contribution in [3.8, 4) is 0 Å². The minimum absolute atomic E-state index is 0.0489. The molecule has 1 atom stereocenters. The Morgan fingerprint density at radius 2 is 1.88 bits per heavy atom. The van der Waals surface area contributed by atoms with Crippen molar-refractivity contribution >= 4 is 29.0 Å². The van der Waals surface area contributed by atoms with Gasteiger partial charge in [0.2, 0.25) is 0 Å². The molecule has 4 heteroatoms. The molecule has 0 saturated carbocycles. The van der Waals surface area contributed by atoms with Gasteiger partial charge in [-0.1, -0.05) is 43.1 Å². The third kappa shape index (κ3) is 3.39. The van der Waals surface area contributed by atoms with Crippen LogP contribution in [0.3, 0.4) is 0 Å². The molecule has 1 rings (SSSR count). The van der Waals surface area contributed by atoms with Crippen molar-refractivity contribution in [2.45, 2.75) is 26.8 Å². The van der Waals surface area contributed by atoms with E-state index in [1.807, 2.05) is 26.8 Å². The molecular formula is C12H16Cl2N2. The summed E-state index contributed by atoms with van der Waals surface area (Å²) in [6.45, 7) is 5.98. The van der Waals surface area contributed by atoms with Crippen LogP contribution in [0.1, 0.15) is 32.4 Å². The summed E-state index contributed by atoms with van der Waals surface area (Å²) in [5.41, 5.74) is 6.76. The molecule has 0 aromatic heterocycles. The molecular weight excluding hydrogens is 243 g/mol. The maximum atomic E-state index is 6.09. The number of benzene rings is 1. The molecule has 88 valence electrons. The largest absolute Gasteiger partial charge is 0.387 e. The van der Waals surface area contributed by atoms with Gasteiger partial charge in [0.1, 0.15) is 0 Å². The summed E-state index contributed by atoms with van der Waals surface area (Å²) in [5.74, 6) is 0.882. The number of amidine groups is 1. The van der Waals surface area contributed by atoms with E-state index < -0.39 is 0 Å². The molecule has 16 heavy (non-hydrogen) atoms. The fourth-order valence-electron chi connectivity index (χ4n) is 1.28. The van der Waals surface area contributed by atoms with Crippen LogP contribution in [0.25, 0.3) is 0 Å². The second kappa shape index (κ2) is 5.55. The molecule has 0 aliphatic heterocycles. The van der Waals surface area contributed by atoms with E-state index in [9.17, 15) is 0 Å². The number of hydrogen-bond donors (Lipinski definition) is 1. The Labute approximate surface area is 106 Å². The van der Waals surface area contributed by atoms with E-state index in [-0.39, 0.29) is 12.0 Å². The van der Waals surface area contributed by atoms with Gasteiger partial charge in [-0.3, -0.25) is 4.99 Å². The minimum Gasteiger partial charge on any atom is -0.387 e. The zero-order valence-electron chi connectivity index (χ0n) is 9.67. The van der Waals surface area contributed by atoms with E-state index in [0.29, 0.717) is 15.9 Å². The van der Waals surface area contributed by atoms with Gasteiger partial charge < -0.3 is 5.73 Å². The van der Waals surface area contributed by atoms with Gasteiger partial charge >= 0.3 is 0 Å². The van der Waals surface area contributed by atoms with Gasteiger partial charge in [0.05, 0.1) is 11.9 Å². The van der Waals surface area contributed by atoms with Crippen LogP contribution in [0.4, 0.5) is 0 Å². The maximum absolute atomic E-state index is 6.09. The van der Waals surface area contributed by atoms with E-state index in [4.69, 9.17) is 28.9 Å². The van der Waals surface area contributed by atoms with Crippen molar-refractivity contribution in [3.63, 3.8) is 0 Å². The SMILES string of the molecule is CC(C)C(N)=NC(C)c1ccc(Cl)cc1Cl. The highest BCUT2D eigenvalue weighted by Crippen LogP contribution is 2.28. The molecule has 2 nitrogen and oxygen atoms in total. The van der Waals surface area contributed by atoms with Gasteiger partial charge in [-0.25, -0.2) is 0 Å². The van der Waals surface area contributed by atoms with Crippen molar-refractivity contribution in [2.75, 3.05) is 0 Å². The number of halogens is 2. The van der Waals surface area contributed by atoms with Crippen LogP contribution in [-0.2, 0) is 0 Å². The van der Waals surface area contributed by atoms with E-state index >= 15 is 0 Å². The lowest BCUT2D eigenvalue weighted by molar-refractivity contribution is 0.780. The molecule has 2 N–H and O–H groups in total. The highest BCUT2D eigenvalue weighted by molar-refractivity contribution is 6.35. The Morgan fingerprint density at radius 3 is 2.38 bits per heavy atom. The number of nitrogens with two attached hydrogens (primary N) is 1. The van der Waals surface area contributed by atoms with Gasteiger partial charge in [0, 0.05) is 16.0 Å². The minimum atomic E-state index is -0.0489. The average molecular weight is 259 g/mol. The van der Waals surface area contributed by atoms with Gasteiger partial charge in [-0.05, 0) is 24.6 Å². The van der Waals surface area contributed by atoms with Gasteiger partial charge in [0.15, 0.2) is 0 Å². The zero-order valence-corrected chi connectivity index (χ0v) is 11.2. The van der Waals surface area contributed by atoms with Crippen LogP contribution < -0.4 is 5.73 Å². The molecule has 0 heterocycles. The zero-order chi connectivity index (χ0) is 12.3. The molecule has 0 saturated heterocycles. The first-order chi connectivity index (χ1) is 7.41. The Kier molecular flexibility index (Phi) is 4.63. The first-order valence-corrected chi connectivity index (χ1v) is 5.95. The smallest absolute Gasteiger partial charge is 0.0970 e. The third-order valence-corrected chi connectivity index (χ3v) is 2.91. The molecule has 0 bridgehead atoms. The summed E-state index contributed by atoms with van der Waals surface area (Å²) in [7, 11) is 0. The fraction of sp³-hybridized carbons (Fsp3) is 0.417. The van der Waals surface area contributed by atoms with Gasteiger partial charge in [-0.2, -0.15) is 0 Å². The highest BCUT2D eigenvalue weighted by Gasteiger charge is 2.10. The Balaban J connectivity index is 2.97. The van der Waals surface area contributed by atoms with Crippen molar-refractivity contribution in [1.82, 2.24) is 0 Å². The van der Waals surface area contributed by atoms with E-state index in [1.54, 1.807) is 12.1 Å². The van der Waals surface area contributed by atoms with Crippen LogP contribution in [-0.4, -0.2) is 5.84 Å². The van der Waals surface area contributed by atoms with Crippen molar-refractivity contribution in [1.29, 1.82) is 0 Å². The molecule has 1 aromatic rings. The number of aliphatic imine (C=N–C) groups is 1. The summed E-state index contributed by atoms with van der Waals surface area (Å²) < 4.78 is 0. The van der Waals surface area contributed by atoms with Crippen LogP contribution >= 0.6 is 23.2 Å². The Bertz CT molecular complexity index is 400. The highest BCUT2D eigenvalue weighted by atomic mass is 35.5. The maximum Gasteiger partial charge on any atom is 0.0970 e. The molecule has 0 aliphatic rings. The Morgan fingerprint density at radius 1 is 1.25 bits per heavy atom. The predicted molar refractivity (Wildman–Crippen MR) is 71.3 cm³/mol. The topological polar surface area (TPSA) is 38.4 Å². The van der Waals surface area contributed by atoms with Crippen LogP contribution in [0, 0.1) is 5.92 Å². The molecule has 0 aliphatic carbocycles. The van der Waals surface area contributed by atoms with Crippen LogP contribution in [0.5, 0.6) is 0 Å². The van der Waals surface area contributed by atoms with Crippen molar-refractivity contribution in [2.24, 2.45) is 16.6 Å². The summed E-state index contributed by atoms with van der Waals surface area (Å²) in [6.07, 6.45) is 0. The third-order valence-electron chi connectivity index (χ3n) is 2.35. The van der Waals surface area contributed by atoms with Gasteiger partial charge in [-0.15, -0.1) is 0 Å². The normalized spacial score (nSPS) is 14.2. The second-order valence-electron chi connectivity index (χ2n) is 4.05. The quantitative estimate of drug-likeness (QED) is 0.645. The Hall–Kier alpha value is -0.730. The van der Waals surface area contributed by atoms with Crippen molar-refractivity contribution < 1.29 is 0 Å². The number of hydrogen-bond acceptors (Lipinski definition) is 1. The lowest BCUT2D eigenvalue weighted by Gasteiger charge is -2.12. The van der Waals surface area contributed by atoms with E-state index in [2.05, 4.69) is 4.99 Å². The van der Waals surface area contributed by atoms with Crippen molar-refractivity contribution in [3.05, 3.63) is 33.8 Å². The molecule has 0 spiro atoms. The fourth-order valence-corrected chi connectivity index (χ4v) is 1.85. The van der Waals surface area contributed by atoms with Crippen LogP contribution in [0.2, 0.25) is 10.0 Å². The first-order valence-electron chi connectivity index (χ1n) is 5.20. The first kappa shape index (κ1) is 13.3. The summed E-state index contributed by atoms with van der Waals surface area (Å²) >= 11 is 11.9. The lowest BCUT2D eigenvalue weighted by atomic mass is 10.1. The molecule has 0 radical (unpaired) electrons. The number of nitrogens with zero attached hydrogens (tertiary/aromatic N) is 1. The van der Waals surface area contributed by atoms with Gasteiger partial charge in [0.25, 0.3) is 0 Å². The monoisotopic (exact) mass is 258 g/mol. The van der Waals surface area contributed by atoms with E-state index in [0.717, 1.165) is 5.56 Å². The summed E-state index contributed by atoms with van der Waals surface area (Å²) in [4.78, 5) is 4.40. The second-order valence-corrected chi connectivity index (χ2v) is 4.89. The van der Waals surface area contributed by atoms with Crippen LogP contribution in [0.15, 0.2) is 23.2 Å². The summed E-state index contributed by atoms with van der Waals surface area (Å²) in [6, 6.07) is 5.36. The standard InChI is InChI=1S/C12H16Cl2N2/c1-7(2)12(15)16-8(3)10-5-4-9(13)6-11(10)14/h4-8H,1-3H3,(H2,15,16). The predicted octanol–water partition coefficient (Wildman–Crippen LogP) is 4.07.